The zero-order chi connectivity index (χ0) is 19.1. The van der Waals surface area contributed by atoms with Crippen molar-refractivity contribution in [2.45, 2.75) is 19.4 Å². The summed E-state index contributed by atoms with van der Waals surface area (Å²) < 4.78 is 0. The number of rotatable bonds is 5. The van der Waals surface area contributed by atoms with Crippen LogP contribution in [0.3, 0.4) is 0 Å². The van der Waals surface area contributed by atoms with E-state index in [2.05, 4.69) is 69.5 Å². The summed E-state index contributed by atoms with van der Waals surface area (Å²) in [5.41, 5.74) is 15.1. The van der Waals surface area contributed by atoms with Gasteiger partial charge in [-0.25, -0.2) is 4.98 Å². The minimum absolute atomic E-state index is 0.212. The summed E-state index contributed by atoms with van der Waals surface area (Å²) >= 11 is 0. The smallest absolute Gasteiger partial charge is 0.222 e. The molecule has 1 aliphatic rings. The van der Waals surface area contributed by atoms with Gasteiger partial charge in [-0.15, -0.1) is 0 Å². The Labute approximate surface area is 164 Å². The molecule has 0 spiro atoms. The van der Waals surface area contributed by atoms with E-state index in [4.69, 9.17) is 11.5 Å². The van der Waals surface area contributed by atoms with Gasteiger partial charge in [0.15, 0.2) is 0 Å². The number of benzene rings is 3. The summed E-state index contributed by atoms with van der Waals surface area (Å²) in [5.74, 6) is 1.42. The van der Waals surface area contributed by atoms with Crippen LogP contribution in [0.1, 0.15) is 18.4 Å². The number of hydrogen-bond donors (Lipinski definition) is 2. The Morgan fingerprint density at radius 3 is 2.54 bits per heavy atom. The molecule has 0 aliphatic heterocycles. The molecule has 5 heteroatoms. The molecule has 4 N–H and O–H groups in total. The highest BCUT2D eigenvalue weighted by molar-refractivity contribution is 5.91. The number of nitrogens with zero attached hydrogens (tertiary/aromatic N) is 3. The number of hydrogen-bond acceptors (Lipinski definition) is 5. The van der Waals surface area contributed by atoms with E-state index in [-0.39, 0.29) is 5.95 Å². The SMILES string of the molecule is Nc1nc(N)c2cc(N(Cc3ccc4ccccc4c3)CC3CC3)ccc2n1. The molecule has 0 atom stereocenters. The van der Waals surface area contributed by atoms with Crippen LogP contribution < -0.4 is 16.4 Å². The predicted molar refractivity (Wildman–Crippen MR) is 116 cm³/mol. The van der Waals surface area contributed by atoms with Crippen LogP contribution >= 0.6 is 0 Å². The van der Waals surface area contributed by atoms with Gasteiger partial charge in [-0.1, -0.05) is 36.4 Å². The number of aromatic nitrogens is 2. The third kappa shape index (κ3) is 3.31. The average Bonchev–Trinajstić information content (AvgIpc) is 3.51. The molecule has 5 nitrogen and oxygen atoms in total. The lowest BCUT2D eigenvalue weighted by Gasteiger charge is -2.26. The molecule has 0 radical (unpaired) electrons. The molecular weight excluding hydrogens is 346 g/mol. The third-order valence-corrected chi connectivity index (χ3v) is 5.45. The van der Waals surface area contributed by atoms with E-state index in [1.54, 1.807) is 0 Å². The van der Waals surface area contributed by atoms with E-state index >= 15 is 0 Å². The fraction of sp³-hybridized carbons (Fsp3) is 0.217. The van der Waals surface area contributed by atoms with Gasteiger partial charge in [-0.3, -0.25) is 0 Å². The van der Waals surface area contributed by atoms with Gasteiger partial charge in [0.2, 0.25) is 5.95 Å². The van der Waals surface area contributed by atoms with Crippen LogP contribution in [0.15, 0.2) is 60.7 Å². The van der Waals surface area contributed by atoms with E-state index in [0.29, 0.717) is 5.82 Å². The molecule has 1 fully saturated rings. The standard InChI is InChI=1S/C23H23N5/c24-22-20-12-19(9-10-21(20)26-23(25)27-22)28(13-15-5-6-15)14-16-7-8-17-3-1-2-4-18(17)11-16/h1-4,7-12,15H,5-6,13-14H2,(H4,24,25,26,27). The normalized spacial score (nSPS) is 13.9. The van der Waals surface area contributed by atoms with Crippen LogP contribution in [0.5, 0.6) is 0 Å². The molecule has 0 amide bonds. The van der Waals surface area contributed by atoms with Crippen molar-refractivity contribution in [2.24, 2.45) is 5.92 Å². The highest BCUT2D eigenvalue weighted by atomic mass is 15.1. The molecule has 1 aromatic heterocycles. The van der Waals surface area contributed by atoms with Gasteiger partial charge in [0, 0.05) is 24.2 Å². The first-order valence-corrected chi connectivity index (χ1v) is 9.71. The lowest BCUT2D eigenvalue weighted by atomic mass is 10.1. The largest absolute Gasteiger partial charge is 0.383 e. The Bertz CT molecular complexity index is 1170. The van der Waals surface area contributed by atoms with Crippen LogP contribution in [-0.4, -0.2) is 16.5 Å². The van der Waals surface area contributed by atoms with Crippen molar-refractivity contribution in [1.82, 2.24) is 9.97 Å². The first-order chi connectivity index (χ1) is 13.7. The number of anilines is 3. The van der Waals surface area contributed by atoms with E-state index in [9.17, 15) is 0 Å². The lowest BCUT2D eigenvalue weighted by molar-refractivity contribution is 0.723. The van der Waals surface area contributed by atoms with Gasteiger partial charge >= 0.3 is 0 Å². The van der Waals surface area contributed by atoms with Crippen molar-refractivity contribution in [3.8, 4) is 0 Å². The van der Waals surface area contributed by atoms with Gasteiger partial charge in [0.25, 0.3) is 0 Å². The summed E-state index contributed by atoms with van der Waals surface area (Å²) in [4.78, 5) is 10.9. The maximum atomic E-state index is 6.10. The first-order valence-electron chi connectivity index (χ1n) is 9.71. The zero-order valence-electron chi connectivity index (χ0n) is 15.7. The number of nitrogens with two attached hydrogens (primary N) is 2. The van der Waals surface area contributed by atoms with Crippen molar-refractivity contribution in [2.75, 3.05) is 22.9 Å². The Morgan fingerprint density at radius 1 is 0.893 bits per heavy atom. The lowest BCUT2D eigenvalue weighted by Crippen LogP contribution is -2.25. The molecule has 28 heavy (non-hydrogen) atoms. The molecule has 5 rings (SSSR count). The van der Waals surface area contributed by atoms with Crippen molar-refractivity contribution in [3.63, 3.8) is 0 Å². The molecule has 0 bridgehead atoms. The van der Waals surface area contributed by atoms with Gasteiger partial charge < -0.3 is 16.4 Å². The molecule has 3 aromatic carbocycles. The first kappa shape index (κ1) is 16.8. The molecule has 140 valence electrons. The summed E-state index contributed by atoms with van der Waals surface area (Å²) in [6.45, 7) is 1.91. The van der Waals surface area contributed by atoms with Gasteiger partial charge in [-0.2, -0.15) is 4.98 Å². The highest BCUT2D eigenvalue weighted by Gasteiger charge is 2.25. The maximum Gasteiger partial charge on any atom is 0.222 e. The topological polar surface area (TPSA) is 81.1 Å². The summed E-state index contributed by atoms with van der Waals surface area (Å²) in [7, 11) is 0. The van der Waals surface area contributed by atoms with Gasteiger partial charge in [0.1, 0.15) is 5.82 Å². The minimum atomic E-state index is 0.212. The van der Waals surface area contributed by atoms with Crippen LogP contribution in [0.4, 0.5) is 17.5 Å². The second-order valence-electron chi connectivity index (χ2n) is 7.67. The van der Waals surface area contributed by atoms with Gasteiger partial charge in [0.05, 0.1) is 5.52 Å². The highest BCUT2D eigenvalue weighted by Crippen LogP contribution is 2.34. The molecule has 0 unspecified atom stereocenters. The van der Waals surface area contributed by atoms with E-state index in [1.807, 2.05) is 6.07 Å². The second kappa shape index (κ2) is 6.68. The van der Waals surface area contributed by atoms with Crippen LogP contribution in [-0.2, 0) is 6.54 Å². The Morgan fingerprint density at radius 2 is 1.71 bits per heavy atom. The molecule has 1 aliphatic carbocycles. The summed E-state index contributed by atoms with van der Waals surface area (Å²) in [6, 6.07) is 21.4. The number of nitrogen functional groups attached to an aromatic ring is 2. The van der Waals surface area contributed by atoms with Crippen molar-refractivity contribution >= 4 is 39.1 Å². The molecule has 1 saturated carbocycles. The Balaban J connectivity index is 1.51. The Hall–Kier alpha value is -3.34. The fourth-order valence-electron chi connectivity index (χ4n) is 3.79. The van der Waals surface area contributed by atoms with Gasteiger partial charge in [-0.05, 0) is 59.4 Å². The van der Waals surface area contributed by atoms with E-state index < -0.39 is 0 Å². The number of fused-ring (bicyclic) bond motifs is 2. The van der Waals surface area contributed by atoms with Crippen molar-refractivity contribution in [1.29, 1.82) is 0 Å². The van der Waals surface area contributed by atoms with Crippen LogP contribution in [0, 0.1) is 5.92 Å². The third-order valence-electron chi connectivity index (χ3n) is 5.45. The minimum Gasteiger partial charge on any atom is -0.383 e. The molecule has 0 saturated heterocycles. The van der Waals surface area contributed by atoms with Crippen LogP contribution in [0.2, 0.25) is 0 Å². The fourth-order valence-corrected chi connectivity index (χ4v) is 3.79. The monoisotopic (exact) mass is 369 g/mol. The maximum absolute atomic E-state index is 6.10. The molecule has 4 aromatic rings. The predicted octanol–water partition coefficient (Wildman–Crippen LogP) is 4.36. The molecule has 1 heterocycles. The van der Waals surface area contributed by atoms with Crippen molar-refractivity contribution < 1.29 is 0 Å². The quantitative estimate of drug-likeness (QED) is 0.546. The second-order valence-corrected chi connectivity index (χ2v) is 7.67. The Kier molecular flexibility index (Phi) is 4.01. The van der Waals surface area contributed by atoms with Crippen LogP contribution in [0.25, 0.3) is 21.7 Å². The van der Waals surface area contributed by atoms with Crippen molar-refractivity contribution in [3.05, 3.63) is 66.2 Å². The molecular formula is C23H23N5. The summed E-state index contributed by atoms with van der Waals surface area (Å²) in [5, 5.41) is 3.40. The average molecular weight is 369 g/mol. The van der Waals surface area contributed by atoms with E-state index in [1.165, 1.54) is 29.2 Å². The zero-order valence-corrected chi connectivity index (χ0v) is 15.7. The van der Waals surface area contributed by atoms with E-state index in [0.717, 1.165) is 35.6 Å². The summed E-state index contributed by atoms with van der Waals surface area (Å²) in [6.07, 6.45) is 2.62.